The van der Waals surface area contributed by atoms with Gasteiger partial charge in [-0.1, -0.05) is 0 Å². The number of nitrogens with one attached hydrogen (secondary N) is 2. The molecule has 1 aliphatic carbocycles. The number of hydrogen-bond donors (Lipinski definition) is 2. The average Bonchev–Trinajstić information content (AvgIpc) is 3.33. The van der Waals surface area contributed by atoms with Crippen molar-refractivity contribution < 1.29 is 13.6 Å². The van der Waals surface area contributed by atoms with Crippen LogP contribution in [-0.4, -0.2) is 21.1 Å². The van der Waals surface area contributed by atoms with Crippen LogP contribution in [0.15, 0.2) is 32.1 Å². The number of aromatic amines is 1. The van der Waals surface area contributed by atoms with E-state index in [4.69, 9.17) is 8.83 Å². The summed E-state index contributed by atoms with van der Waals surface area (Å²) < 4.78 is 11.6. The largest absolute Gasteiger partial charge is 0.461 e. The van der Waals surface area contributed by atoms with Crippen LogP contribution in [0.25, 0.3) is 21.9 Å². The zero-order chi connectivity index (χ0) is 20.0. The van der Waals surface area contributed by atoms with E-state index in [1.807, 2.05) is 13.0 Å². The van der Waals surface area contributed by atoms with Crippen molar-refractivity contribution in [2.24, 2.45) is 0 Å². The fraction of sp³-hybridized carbons (Fsp3) is 0.333. The van der Waals surface area contributed by atoms with Crippen molar-refractivity contribution in [3.8, 4) is 0 Å². The average molecular weight is 392 g/mol. The van der Waals surface area contributed by atoms with Gasteiger partial charge < -0.3 is 8.83 Å². The molecule has 0 atom stereocenters. The van der Waals surface area contributed by atoms with E-state index in [0.29, 0.717) is 11.1 Å². The number of carbonyl (C=O) groups excluding carboxylic acids is 1. The summed E-state index contributed by atoms with van der Waals surface area (Å²) in [5.74, 6) is 1.08. The van der Waals surface area contributed by atoms with Crippen molar-refractivity contribution >= 4 is 33.8 Å². The maximum atomic E-state index is 12.6. The molecule has 3 aromatic heterocycles. The second kappa shape index (κ2) is 6.88. The summed E-state index contributed by atoms with van der Waals surface area (Å²) >= 11 is 0. The van der Waals surface area contributed by atoms with Crippen LogP contribution in [0.1, 0.15) is 41.7 Å². The van der Waals surface area contributed by atoms with Gasteiger partial charge in [-0.2, -0.15) is 10.1 Å². The van der Waals surface area contributed by atoms with Gasteiger partial charge in [-0.15, -0.1) is 0 Å². The first kappa shape index (κ1) is 17.7. The number of carbonyl (C=O) groups is 1. The number of anilines is 1. The molecule has 8 nitrogen and oxygen atoms in total. The molecule has 0 saturated carbocycles. The summed E-state index contributed by atoms with van der Waals surface area (Å²) in [6, 6.07) is 3.88. The molecular formula is C21H20N4O4. The van der Waals surface area contributed by atoms with Gasteiger partial charge in [0.15, 0.2) is 0 Å². The number of H-pyrrole nitrogens is 1. The Kier molecular flexibility index (Phi) is 4.19. The number of hydrogen-bond acceptors (Lipinski definition) is 6. The van der Waals surface area contributed by atoms with Gasteiger partial charge >= 0.3 is 5.63 Å². The molecule has 1 amide bonds. The van der Waals surface area contributed by atoms with E-state index >= 15 is 0 Å². The molecule has 3 heterocycles. The lowest BCUT2D eigenvalue weighted by molar-refractivity contribution is -0.116. The second-order valence-corrected chi connectivity index (χ2v) is 7.43. The Balaban J connectivity index is 1.49. The van der Waals surface area contributed by atoms with Gasteiger partial charge in [0.05, 0.1) is 0 Å². The third-order valence-corrected chi connectivity index (χ3v) is 5.64. The highest BCUT2D eigenvalue weighted by Crippen LogP contribution is 2.35. The molecule has 0 radical (unpaired) electrons. The van der Waals surface area contributed by atoms with Crippen LogP contribution in [0.3, 0.4) is 0 Å². The Bertz CT molecular complexity index is 1280. The minimum absolute atomic E-state index is 0.140. The molecule has 1 aromatic carbocycles. The normalized spacial score (nSPS) is 13.7. The lowest BCUT2D eigenvalue weighted by Crippen LogP contribution is -2.17. The van der Waals surface area contributed by atoms with Crippen LogP contribution < -0.4 is 10.9 Å². The van der Waals surface area contributed by atoms with E-state index in [1.54, 1.807) is 0 Å². The van der Waals surface area contributed by atoms with Crippen LogP contribution in [0.4, 0.5) is 5.95 Å². The van der Waals surface area contributed by atoms with Crippen LogP contribution in [-0.2, 0) is 24.1 Å². The monoisotopic (exact) mass is 392 g/mol. The van der Waals surface area contributed by atoms with E-state index in [0.717, 1.165) is 53.4 Å². The summed E-state index contributed by atoms with van der Waals surface area (Å²) in [7, 11) is 0. The van der Waals surface area contributed by atoms with Gasteiger partial charge in [0, 0.05) is 40.8 Å². The van der Waals surface area contributed by atoms with Crippen molar-refractivity contribution in [2.45, 2.75) is 45.4 Å². The van der Waals surface area contributed by atoms with Crippen molar-refractivity contribution in [3.05, 3.63) is 51.3 Å². The van der Waals surface area contributed by atoms with Gasteiger partial charge in [-0.3, -0.25) is 10.1 Å². The Hall–Kier alpha value is -3.42. The smallest absolute Gasteiger partial charge is 0.339 e. The maximum Gasteiger partial charge on any atom is 0.339 e. The molecule has 148 valence electrons. The third-order valence-electron chi connectivity index (χ3n) is 5.64. The fourth-order valence-electron chi connectivity index (χ4n) is 4.13. The highest BCUT2D eigenvalue weighted by molar-refractivity contribution is 5.97. The minimum atomic E-state index is -0.418. The van der Waals surface area contributed by atoms with Gasteiger partial charge in [0.2, 0.25) is 11.9 Å². The Morgan fingerprint density at radius 1 is 1.17 bits per heavy atom. The first-order valence-electron chi connectivity index (χ1n) is 9.76. The van der Waals surface area contributed by atoms with Gasteiger partial charge in [-0.25, -0.2) is 9.89 Å². The molecule has 0 bridgehead atoms. The van der Waals surface area contributed by atoms with Crippen LogP contribution in [0.2, 0.25) is 0 Å². The van der Waals surface area contributed by atoms with E-state index in [9.17, 15) is 9.59 Å². The Morgan fingerprint density at radius 2 is 2.00 bits per heavy atom. The van der Waals surface area contributed by atoms with Crippen LogP contribution in [0, 0.1) is 6.92 Å². The number of aryl methyl sites for hydroxylation is 3. The lowest BCUT2D eigenvalue weighted by Gasteiger charge is -2.09. The van der Waals surface area contributed by atoms with Gasteiger partial charge in [0.25, 0.3) is 0 Å². The first-order chi connectivity index (χ1) is 14.1. The molecule has 8 heteroatoms. The number of rotatable bonds is 4. The molecule has 0 fully saturated rings. The van der Waals surface area contributed by atoms with E-state index in [2.05, 4.69) is 26.6 Å². The molecule has 2 N–H and O–H groups in total. The predicted octanol–water partition coefficient (Wildman–Crippen LogP) is 3.42. The number of aromatic nitrogens is 3. The molecule has 29 heavy (non-hydrogen) atoms. The molecule has 5 rings (SSSR count). The lowest BCUT2D eigenvalue weighted by atomic mass is 9.94. The fourth-order valence-corrected chi connectivity index (χ4v) is 4.13. The van der Waals surface area contributed by atoms with E-state index in [1.165, 1.54) is 11.9 Å². The second-order valence-electron chi connectivity index (χ2n) is 7.43. The summed E-state index contributed by atoms with van der Waals surface area (Å²) in [4.78, 5) is 28.5. The first-order valence-corrected chi connectivity index (χ1v) is 9.76. The molecule has 0 spiro atoms. The number of furan rings is 1. The van der Waals surface area contributed by atoms with Crippen molar-refractivity contribution in [2.75, 3.05) is 5.32 Å². The number of nitrogens with zero attached hydrogens (tertiary/aromatic N) is 2. The van der Waals surface area contributed by atoms with Crippen LogP contribution >= 0.6 is 0 Å². The summed E-state index contributed by atoms with van der Waals surface area (Å²) in [6.45, 7) is 1.90. The minimum Gasteiger partial charge on any atom is -0.461 e. The Labute approximate surface area is 165 Å². The zero-order valence-corrected chi connectivity index (χ0v) is 16.0. The summed E-state index contributed by atoms with van der Waals surface area (Å²) in [5, 5.41) is 10.8. The highest BCUT2D eigenvalue weighted by atomic mass is 16.4. The Morgan fingerprint density at radius 3 is 2.83 bits per heavy atom. The molecule has 0 saturated heterocycles. The van der Waals surface area contributed by atoms with E-state index < -0.39 is 5.63 Å². The topological polar surface area (TPSA) is 114 Å². The molecule has 1 aliphatic rings. The van der Waals surface area contributed by atoms with Crippen molar-refractivity contribution in [1.29, 1.82) is 0 Å². The zero-order valence-electron chi connectivity index (χ0n) is 16.0. The SMILES string of the molecule is Cc1c(CCC(=O)Nc2ncn[nH]2)c(=O)oc2cc3oc4c(c3cc12)CCCC4. The third kappa shape index (κ3) is 3.10. The number of amides is 1. The molecular weight excluding hydrogens is 372 g/mol. The summed E-state index contributed by atoms with van der Waals surface area (Å²) in [6.07, 6.45) is 6.00. The molecule has 0 unspecified atom stereocenters. The van der Waals surface area contributed by atoms with Crippen LogP contribution in [0.5, 0.6) is 0 Å². The van der Waals surface area contributed by atoms with Gasteiger partial charge in [0.1, 0.15) is 23.3 Å². The standard InChI is InChI=1S/C21H20N4O4/c1-11-12(6-7-19(26)24-21-22-10-23-25-21)20(27)29-17-9-18-15(8-14(11)17)13-4-2-3-5-16(13)28-18/h8-10H,2-7H2,1H3,(H2,22,23,24,25,26). The van der Waals surface area contributed by atoms with E-state index in [-0.39, 0.29) is 24.7 Å². The predicted molar refractivity (Wildman–Crippen MR) is 107 cm³/mol. The number of fused-ring (bicyclic) bond motifs is 4. The van der Waals surface area contributed by atoms with Gasteiger partial charge in [-0.05, 0) is 44.2 Å². The van der Waals surface area contributed by atoms with Crippen molar-refractivity contribution in [1.82, 2.24) is 15.2 Å². The quantitative estimate of drug-likeness (QED) is 0.515. The number of benzene rings is 1. The molecule has 4 aromatic rings. The van der Waals surface area contributed by atoms with Crippen molar-refractivity contribution in [3.63, 3.8) is 0 Å². The highest BCUT2D eigenvalue weighted by Gasteiger charge is 2.20. The molecule has 0 aliphatic heterocycles. The summed E-state index contributed by atoms with van der Waals surface area (Å²) in [5.41, 5.74) is 3.50. The maximum absolute atomic E-state index is 12.6.